The molecular formula is C17H23N3O2. The van der Waals surface area contributed by atoms with Gasteiger partial charge in [0.1, 0.15) is 5.58 Å². The Kier molecular flexibility index (Phi) is 4.18. The number of hydrogen-bond donors (Lipinski definition) is 1. The van der Waals surface area contributed by atoms with Gasteiger partial charge in [-0.1, -0.05) is 18.2 Å². The summed E-state index contributed by atoms with van der Waals surface area (Å²) < 4.78 is 5.91. The fraction of sp³-hybridized carbons (Fsp3) is 0.471. The molecule has 3 rings (SSSR count). The number of piperazine rings is 1. The third-order valence-electron chi connectivity index (χ3n) is 4.02. The minimum atomic E-state index is 0.00130. The van der Waals surface area contributed by atoms with Crippen LogP contribution in [0.1, 0.15) is 23.0 Å². The van der Waals surface area contributed by atoms with E-state index >= 15 is 0 Å². The van der Waals surface area contributed by atoms with Gasteiger partial charge in [0.2, 0.25) is 0 Å². The summed E-state index contributed by atoms with van der Waals surface area (Å²) in [5, 5.41) is 4.39. The predicted molar refractivity (Wildman–Crippen MR) is 87.0 cm³/mol. The lowest BCUT2D eigenvalue weighted by molar-refractivity contribution is 0.0677. The van der Waals surface area contributed by atoms with Crippen molar-refractivity contribution in [3.8, 4) is 0 Å². The normalized spacial score (nSPS) is 19.1. The summed E-state index contributed by atoms with van der Waals surface area (Å²) in [4.78, 5) is 16.9. The Morgan fingerprint density at radius 3 is 2.91 bits per heavy atom. The SMILES string of the molecule is CC1CN(C(=O)c2oc3ccccc3c2CN(C)C)CCN1. The van der Waals surface area contributed by atoms with Crippen LogP contribution in [0, 0.1) is 0 Å². The molecule has 118 valence electrons. The molecule has 5 heteroatoms. The molecule has 1 aliphatic rings. The van der Waals surface area contributed by atoms with E-state index in [1.165, 1.54) is 0 Å². The maximum Gasteiger partial charge on any atom is 0.290 e. The van der Waals surface area contributed by atoms with Crippen LogP contribution in [0.5, 0.6) is 0 Å². The number of furan rings is 1. The molecule has 1 unspecified atom stereocenters. The maximum absolute atomic E-state index is 12.9. The van der Waals surface area contributed by atoms with Gasteiger partial charge in [-0.15, -0.1) is 0 Å². The first-order chi connectivity index (χ1) is 10.6. The molecule has 5 nitrogen and oxygen atoms in total. The van der Waals surface area contributed by atoms with Crippen molar-refractivity contribution in [3.05, 3.63) is 35.6 Å². The van der Waals surface area contributed by atoms with Crippen LogP contribution >= 0.6 is 0 Å². The molecule has 1 aliphatic heterocycles. The van der Waals surface area contributed by atoms with Gasteiger partial charge in [-0.2, -0.15) is 0 Å². The average Bonchev–Trinajstić information content (AvgIpc) is 2.85. The Labute approximate surface area is 130 Å². The minimum absolute atomic E-state index is 0.00130. The molecule has 1 N–H and O–H groups in total. The van der Waals surface area contributed by atoms with Crippen molar-refractivity contribution in [3.63, 3.8) is 0 Å². The first-order valence-corrected chi connectivity index (χ1v) is 7.74. The van der Waals surface area contributed by atoms with Crippen LogP contribution in [0.3, 0.4) is 0 Å². The van der Waals surface area contributed by atoms with Gasteiger partial charge < -0.3 is 19.5 Å². The summed E-state index contributed by atoms with van der Waals surface area (Å²) in [6, 6.07) is 8.19. The fourth-order valence-electron chi connectivity index (χ4n) is 3.01. The highest BCUT2D eigenvalue weighted by Crippen LogP contribution is 2.28. The van der Waals surface area contributed by atoms with Gasteiger partial charge >= 0.3 is 0 Å². The van der Waals surface area contributed by atoms with E-state index in [0.717, 1.165) is 36.2 Å². The number of hydrogen-bond acceptors (Lipinski definition) is 4. The average molecular weight is 301 g/mol. The third kappa shape index (κ3) is 2.87. The number of nitrogens with zero attached hydrogens (tertiary/aromatic N) is 2. The van der Waals surface area contributed by atoms with Gasteiger partial charge in [0.05, 0.1) is 0 Å². The van der Waals surface area contributed by atoms with Gasteiger partial charge in [-0.25, -0.2) is 0 Å². The lowest BCUT2D eigenvalue weighted by atomic mass is 10.1. The number of carbonyl (C=O) groups is 1. The third-order valence-corrected chi connectivity index (χ3v) is 4.02. The second-order valence-corrected chi connectivity index (χ2v) is 6.25. The Morgan fingerprint density at radius 2 is 2.18 bits per heavy atom. The molecule has 1 saturated heterocycles. The van der Waals surface area contributed by atoms with E-state index in [9.17, 15) is 4.79 Å². The largest absolute Gasteiger partial charge is 0.451 e. The summed E-state index contributed by atoms with van der Waals surface area (Å²) in [5.41, 5.74) is 1.77. The van der Waals surface area contributed by atoms with Crippen molar-refractivity contribution in [2.24, 2.45) is 0 Å². The molecule has 0 saturated carbocycles. The Morgan fingerprint density at radius 1 is 1.41 bits per heavy atom. The van der Waals surface area contributed by atoms with E-state index in [4.69, 9.17) is 4.42 Å². The number of nitrogens with one attached hydrogen (secondary N) is 1. The van der Waals surface area contributed by atoms with Crippen LogP contribution < -0.4 is 5.32 Å². The van der Waals surface area contributed by atoms with Crippen LogP contribution in [0.4, 0.5) is 0 Å². The molecule has 0 bridgehead atoms. The number of para-hydroxylation sites is 1. The number of benzene rings is 1. The molecule has 1 aromatic heterocycles. The summed E-state index contributed by atoms with van der Waals surface area (Å²) in [6.07, 6.45) is 0. The van der Waals surface area contributed by atoms with Gasteiger partial charge in [0, 0.05) is 43.2 Å². The van der Waals surface area contributed by atoms with Crippen LogP contribution in [0.2, 0.25) is 0 Å². The summed E-state index contributed by atoms with van der Waals surface area (Å²) in [6.45, 7) is 5.06. The Bertz CT molecular complexity index is 678. The lowest BCUT2D eigenvalue weighted by Gasteiger charge is -2.31. The fourth-order valence-corrected chi connectivity index (χ4v) is 3.01. The zero-order valence-electron chi connectivity index (χ0n) is 13.4. The van der Waals surface area contributed by atoms with Crippen molar-refractivity contribution in [1.29, 1.82) is 0 Å². The Balaban J connectivity index is 1.99. The van der Waals surface area contributed by atoms with E-state index in [1.54, 1.807) is 0 Å². The van der Waals surface area contributed by atoms with Gasteiger partial charge in [0.25, 0.3) is 5.91 Å². The van der Waals surface area contributed by atoms with Crippen LogP contribution in [0.25, 0.3) is 11.0 Å². The molecule has 1 atom stereocenters. The van der Waals surface area contributed by atoms with Crippen molar-refractivity contribution in [1.82, 2.24) is 15.1 Å². The topological polar surface area (TPSA) is 48.7 Å². The van der Waals surface area contributed by atoms with Crippen LogP contribution in [0.15, 0.2) is 28.7 Å². The lowest BCUT2D eigenvalue weighted by Crippen LogP contribution is -2.51. The summed E-state index contributed by atoms with van der Waals surface area (Å²) in [5.74, 6) is 0.491. The van der Waals surface area contributed by atoms with Gasteiger partial charge in [0.15, 0.2) is 5.76 Å². The van der Waals surface area contributed by atoms with Crippen LogP contribution in [-0.2, 0) is 6.54 Å². The predicted octanol–water partition coefficient (Wildman–Crippen LogP) is 1.93. The Hall–Kier alpha value is -1.85. The van der Waals surface area contributed by atoms with E-state index in [0.29, 0.717) is 18.3 Å². The highest BCUT2D eigenvalue weighted by Gasteiger charge is 2.27. The minimum Gasteiger partial charge on any atom is -0.451 e. The van der Waals surface area contributed by atoms with E-state index in [2.05, 4.69) is 17.1 Å². The molecule has 0 aliphatic carbocycles. The van der Waals surface area contributed by atoms with E-state index < -0.39 is 0 Å². The van der Waals surface area contributed by atoms with Crippen molar-refractivity contribution >= 4 is 16.9 Å². The molecule has 1 fully saturated rings. The summed E-state index contributed by atoms with van der Waals surface area (Å²) in [7, 11) is 4.01. The van der Waals surface area contributed by atoms with E-state index in [-0.39, 0.29) is 5.91 Å². The molecule has 2 heterocycles. The first kappa shape index (κ1) is 15.1. The van der Waals surface area contributed by atoms with E-state index in [1.807, 2.05) is 43.3 Å². The zero-order chi connectivity index (χ0) is 15.7. The second-order valence-electron chi connectivity index (χ2n) is 6.25. The first-order valence-electron chi connectivity index (χ1n) is 7.74. The van der Waals surface area contributed by atoms with Crippen molar-refractivity contribution < 1.29 is 9.21 Å². The second kappa shape index (κ2) is 6.10. The monoisotopic (exact) mass is 301 g/mol. The molecule has 0 spiro atoms. The van der Waals surface area contributed by atoms with Crippen LogP contribution in [-0.4, -0.2) is 55.5 Å². The number of carbonyl (C=O) groups excluding carboxylic acids is 1. The molecule has 1 aromatic carbocycles. The smallest absolute Gasteiger partial charge is 0.290 e. The molecule has 2 aromatic rings. The molecular weight excluding hydrogens is 278 g/mol. The maximum atomic E-state index is 12.9. The standard InChI is InChI=1S/C17H23N3O2/c1-12-10-20(9-8-18-12)17(21)16-14(11-19(2)3)13-6-4-5-7-15(13)22-16/h4-7,12,18H,8-11H2,1-3H3. The number of rotatable bonds is 3. The molecule has 1 amide bonds. The van der Waals surface area contributed by atoms with Crippen molar-refractivity contribution in [2.45, 2.75) is 19.5 Å². The quantitative estimate of drug-likeness (QED) is 0.941. The number of amides is 1. The van der Waals surface area contributed by atoms with Gasteiger partial charge in [-0.05, 0) is 27.1 Å². The zero-order valence-corrected chi connectivity index (χ0v) is 13.4. The summed E-state index contributed by atoms with van der Waals surface area (Å²) >= 11 is 0. The van der Waals surface area contributed by atoms with Gasteiger partial charge in [-0.3, -0.25) is 4.79 Å². The highest BCUT2D eigenvalue weighted by molar-refractivity contribution is 5.99. The molecule has 0 radical (unpaired) electrons. The number of fused-ring (bicyclic) bond motifs is 1. The molecule has 22 heavy (non-hydrogen) atoms. The van der Waals surface area contributed by atoms with Crippen molar-refractivity contribution in [2.75, 3.05) is 33.7 Å². The highest BCUT2D eigenvalue weighted by atomic mass is 16.3.